The molecule has 2 amide bonds. The van der Waals surface area contributed by atoms with Gasteiger partial charge in [-0.3, -0.25) is 9.59 Å². The van der Waals surface area contributed by atoms with Gasteiger partial charge >= 0.3 is 0 Å². The Morgan fingerprint density at radius 1 is 1.28 bits per heavy atom. The second-order valence-corrected chi connectivity index (χ2v) is 3.99. The third-order valence-corrected chi connectivity index (χ3v) is 2.40. The number of hydrogen-bond donors (Lipinski definition) is 2. The van der Waals surface area contributed by atoms with Crippen LogP contribution in [-0.4, -0.2) is 24.4 Å². The summed E-state index contributed by atoms with van der Waals surface area (Å²) in [5.74, 6) is -1.03. The fraction of sp³-hybridized carbons (Fsp3) is 0.385. The van der Waals surface area contributed by atoms with Crippen molar-refractivity contribution in [1.82, 2.24) is 10.6 Å². The van der Waals surface area contributed by atoms with E-state index in [1.54, 1.807) is 6.92 Å². The number of halogens is 1. The summed E-state index contributed by atoms with van der Waals surface area (Å²) < 4.78 is 12.7. The van der Waals surface area contributed by atoms with Crippen LogP contribution >= 0.6 is 0 Å². The van der Waals surface area contributed by atoms with Gasteiger partial charge in [0.05, 0.1) is 0 Å². The Kier molecular flexibility index (Phi) is 5.30. The number of nitrogens with one attached hydrogen (secondary N) is 2. The van der Waals surface area contributed by atoms with Gasteiger partial charge in [-0.05, 0) is 37.6 Å². The van der Waals surface area contributed by atoms with E-state index in [2.05, 4.69) is 10.6 Å². The first kappa shape index (κ1) is 14.2. The lowest BCUT2D eigenvalue weighted by molar-refractivity contribution is -0.122. The number of carbonyl (C=O) groups is 2. The zero-order valence-electron chi connectivity index (χ0n) is 10.5. The van der Waals surface area contributed by atoms with Crippen molar-refractivity contribution >= 4 is 11.8 Å². The maximum atomic E-state index is 12.7. The van der Waals surface area contributed by atoms with Gasteiger partial charge < -0.3 is 10.6 Å². The molecule has 98 valence electrons. The molecule has 0 aliphatic rings. The van der Waals surface area contributed by atoms with Gasteiger partial charge in [0, 0.05) is 12.1 Å². The third-order valence-electron chi connectivity index (χ3n) is 2.40. The van der Waals surface area contributed by atoms with Gasteiger partial charge in [0.1, 0.15) is 11.9 Å². The fourth-order valence-corrected chi connectivity index (χ4v) is 1.35. The Morgan fingerprint density at radius 3 is 2.44 bits per heavy atom. The second-order valence-electron chi connectivity index (χ2n) is 3.99. The molecule has 0 bridgehead atoms. The highest BCUT2D eigenvalue weighted by Crippen LogP contribution is 2.02. The molecule has 0 saturated carbocycles. The molecule has 0 aromatic heterocycles. The standard InChI is InChI=1S/C13H17FN2O2/c1-3-8-15-12(17)9(2)16-13(18)10-4-6-11(14)7-5-10/h4-7,9H,3,8H2,1-2H3,(H,15,17)(H,16,18). The molecule has 0 fully saturated rings. The van der Waals surface area contributed by atoms with Gasteiger partial charge in [0.25, 0.3) is 5.91 Å². The molecule has 5 heteroatoms. The normalized spacial score (nSPS) is 11.7. The Hall–Kier alpha value is -1.91. The average molecular weight is 252 g/mol. The Balaban J connectivity index is 2.53. The molecule has 1 atom stereocenters. The van der Waals surface area contributed by atoms with Crippen molar-refractivity contribution in [3.8, 4) is 0 Å². The van der Waals surface area contributed by atoms with E-state index < -0.39 is 17.8 Å². The molecule has 1 aromatic rings. The van der Waals surface area contributed by atoms with Crippen molar-refractivity contribution in [2.75, 3.05) is 6.54 Å². The molecule has 2 N–H and O–H groups in total. The molecule has 1 unspecified atom stereocenters. The summed E-state index contributed by atoms with van der Waals surface area (Å²) in [6.45, 7) is 4.13. The van der Waals surface area contributed by atoms with Gasteiger partial charge in [0.2, 0.25) is 5.91 Å². The highest BCUT2D eigenvalue weighted by Gasteiger charge is 2.15. The minimum atomic E-state index is -0.617. The lowest BCUT2D eigenvalue weighted by Crippen LogP contribution is -2.44. The van der Waals surface area contributed by atoms with E-state index >= 15 is 0 Å². The number of benzene rings is 1. The smallest absolute Gasteiger partial charge is 0.251 e. The third kappa shape index (κ3) is 4.16. The number of hydrogen-bond acceptors (Lipinski definition) is 2. The molecule has 1 aromatic carbocycles. The molecule has 0 aliphatic carbocycles. The Morgan fingerprint density at radius 2 is 1.89 bits per heavy atom. The Bertz CT molecular complexity index is 418. The van der Waals surface area contributed by atoms with E-state index in [0.29, 0.717) is 12.1 Å². The van der Waals surface area contributed by atoms with Gasteiger partial charge in [-0.2, -0.15) is 0 Å². The number of rotatable bonds is 5. The van der Waals surface area contributed by atoms with Gasteiger partial charge in [-0.1, -0.05) is 6.92 Å². The van der Waals surface area contributed by atoms with E-state index in [1.165, 1.54) is 24.3 Å². The molecular weight excluding hydrogens is 235 g/mol. The van der Waals surface area contributed by atoms with Crippen LogP contribution in [0.25, 0.3) is 0 Å². The number of carbonyl (C=O) groups excluding carboxylic acids is 2. The van der Waals surface area contributed by atoms with E-state index in [4.69, 9.17) is 0 Å². The molecule has 0 aliphatic heterocycles. The van der Waals surface area contributed by atoms with Crippen molar-refractivity contribution in [2.24, 2.45) is 0 Å². The summed E-state index contributed by atoms with van der Waals surface area (Å²) in [6, 6.07) is 4.55. The van der Waals surface area contributed by atoms with Crippen molar-refractivity contribution in [2.45, 2.75) is 26.3 Å². The predicted molar refractivity (Wildman–Crippen MR) is 66.6 cm³/mol. The van der Waals surface area contributed by atoms with Crippen LogP contribution in [0.1, 0.15) is 30.6 Å². The Labute approximate surface area is 106 Å². The average Bonchev–Trinajstić information content (AvgIpc) is 2.36. The highest BCUT2D eigenvalue weighted by atomic mass is 19.1. The summed E-state index contributed by atoms with van der Waals surface area (Å²) in [7, 11) is 0. The quantitative estimate of drug-likeness (QED) is 0.833. The molecule has 18 heavy (non-hydrogen) atoms. The fourth-order valence-electron chi connectivity index (χ4n) is 1.35. The largest absolute Gasteiger partial charge is 0.354 e. The second kappa shape index (κ2) is 6.74. The molecule has 0 heterocycles. The monoisotopic (exact) mass is 252 g/mol. The zero-order chi connectivity index (χ0) is 13.5. The van der Waals surface area contributed by atoms with Gasteiger partial charge in [-0.15, -0.1) is 0 Å². The first-order valence-electron chi connectivity index (χ1n) is 5.88. The predicted octanol–water partition coefficient (Wildman–Crippen LogP) is 1.47. The zero-order valence-corrected chi connectivity index (χ0v) is 10.5. The number of amides is 2. The minimum absolute atomic E-state index is 0.229. The molecule has 0 radical (unpaired) electrons. The molecular formula is C13H17FN2O2. The minimum Gasteiger partial charge on any atom is -0.354 e. The van der Waals surface area contributed by atoms with Crippen LogP contribution < -0.4 is 10.6 Å². The highest BCUT2D eigenvalue weighted by molar-refractivity contribution is 5.97. The lowest BCUT2D eigenvalue weighted by Gasteiger charge is -2.13. The van der Waals surface area contributed by atoms with Crippen LogP contribution in [0.3, 0.4) is 0 Å². The van der Waals surface area contributed by atoms with Crippen molar-refractivity contribution in [3.05, 3.63) is 35.6 Å². The maximum Gasteiger partial charge on any atom is 0.251 e. The summed E-state index contributed by atoms with van der Waals surface area (Å²) >= 11 is 0. The summed E-state index contributed by atoms with van der Waals surface area (Å²) in [6.07, 6.45) is 0.838. The van der Waals surface area contributed by atoms with Crippen LogP contribution in [-0.2, 0) is 4.79 Å². The summed E-state index contributed by atoms with van der Waals surface area (Å²) in [5, 5.41) is 5.24. The van der Waals surface area contributed by atoms with Crippen LogP contribution in [0, 0.1) is 5.82 Å². The molecule has 0 saturated heterocycles. The summed E-state index contributed by atoms with van der Waals surface area (Å²) in [5.41, 5.74) is 0.326. The van der Waals surface area contributed by atoms with Gasteiger partial charge in [-0.25, -0.2) is 4.39 Å². The van der Waals surface area contributed by atoms with E-state index in [1.807, 2.05) is 6.92 Å². The van der Waals surface area contributed by atoms with Crippen LogP contribution in [0.15, 0.2) is 24.3 Å². The van der Waals surface area contributed by atoms with E-state index in [9.17, 15) is 14.0 Å². The topological polar surface area (TPSA) is 58.2 Å². The lowest BCUT2D eigenvalue weighted by atomic mass is 10.2. The molecule has 1 rings (SSSR count). The summed E-state index contributed by atoms with van der Waals surface area (Å²) in [4.78, 5) is 23.3. The maximum absolute atomic E-state index is 12.7. The van der Waals surface area contributed by atoms with E-state index in [-0.39, 0.29) is 5.91 Å². The molecule has 4 nitrogen and oxygen atoms in total. The first-order chi connectivity index (χ1) is 8.54. The van der Waals surface area contributed by atoms with Crippen molar-refractivity contribution < 1.29 is 14.0 Å². The van der Waals surface area contributed by atoms with E-state index in [0.717, 1.165) is 6.42 Å². The molecule has 0 spiro atoms. The SMILES string of the molecule is CCCNC(=O)C(C)NC(=O)c1ccc(F)cc1. The van der Waals surface area contributed by atoms with Crippen molar-refractivity contribution in [3.63, 3.8) is 0 Å². The van der Waals surface area contributed by atoms with Crippen LogP contribution in [0.4, 0.5) is 4.39 Å². The first-order valence-corrected chi connectivity index (χ1v) is 5.88. The van der Waals surface area contributed by atoms with Crippen LogP contribution in [0.5, 0.6) is 0 Å². The van der Waals surface area contributed by atoms with Gasteiger partial charge in [0.15, 0.2) is 0 Å². The van der Waals surface area contributed by atoms with Crippen LogP contribution in [0.2, 0.25) is 0 Å². The van der Waals surface area contributed by atoms with Crippen molar-refractivity contribution in [1.29, 1.82) is 0 Å².